The maximum atomic E-state index is 12.5. The van der Waals surface area contributed by atoms with E-state index in [0.717, 1.165) is 41.3 Å². The molecular weight excluding hydrogens is 318 g/mol. The summed E-state index contributed by atoms with van der Waals surface area (Å²) in [4.78, 5) is 16.9. The van der Waals surface area contributed by atoms with E-state index in [1.54, 1.807) is 11.3 Å². The highest BCUT2D eigenvalue weighted by Crippen LogP contribution is 2.37. The Balaban J connectivity index is 1.56. The van der Waals surface area contributed by atoms with Crippen molar-refractivity contribution < 1.29 is 4.79 Å². The maximum Gasteiger partial charge on any atom is 0.229 e. The fourth-order valence-corrected chi connectivity index (χ4v) is 4.65. The van der Waals surface area contributed by atoms with Gasteiger partial charge in [-0.3, -0.25) is 4.79 Å². The molecule has 120 valence electrons. The van der Waals surface area contributed by atoms with Crippen molar-refractivity contribution in [3.63, 3.8) is 0 Å². The van der Waals surface area contributed by atoms with Gasteiger partial charge < -0.3 is 10.3 Å². The highest BCUT2D eigenvalue weighted by atomic mass is 32.1. The summed E-state index contributed by atoms with van der Waals surface area (Å²) in [7, 11) is 0. The predicted octanol–water partition coefficient (Wildman–Crippen LogP) is 4.16. The Hall–Kier alpha value is -2.58. The average Bonchev–Trinajstić information content (AvgIpc) is 3.16. The molecule has 4 nitrogen and oxygen atoms in total. The monoisotopic (exact) mass is 335 g/mol. The lowest BCUT2D eigenvalue weighted by atomic mass is 9.96. The molecule has 0 aliphatic heterocycles. The van der Waals surface area contributed by atoms with Crippen molar-refractivity contribution in [1.29, 1.82) is 5.26 Å². The van der Waals surface area contributed by atoms with Crippen LogP contribution in [0.5, 0.6) is 0 Å². The minimum absolute atomic E-state index is 0.0742. The Morgan fingerprint density at radius 2 is 2.12 bits per heavy atom. The van der Waals surface area contributed by atoms with Crippen LogP contribution in [0.15, 0.2) is 30.5 Å². The Labute approximate surface area is 144 Å². The summed E-state index contributed by atoms with van der Waals surface area (Å²) in [5.74, 6) is -0.0742. The number of hydrogen-bond donors (Lipinski definition) is 2. The second-order valence-corrected chi connectivity index (χ2v) is 7.22. The van der Waals surface area contributed by atoms with Crippen LogP contribution < -0.4 is 5.32 Å². The van der Waals surface area contributed by atoms with Gasteiger partial charge in [0.1, 0.15) is 11.1 Å². The minimum atomic E-state index is -0.0742. The zero-order valence-corrected chi connectivity index (χ0v) is 14.0. The third kappa shape index (κ3) is 2.59. The fraction of sp³-hybridized carbons (Fsp3) is 0.263. The minimum Gasteiger partial charge on any atom is -0.361 e. The van der Waals surface area contributed by atoms with E-state index in [4.69, 9.17) is 0 Å². The van der Waals surface area contributed by atoms with Gasteiger partial charge in [0.25, 0.3) is 0 Å². The van der Waals surface area contributed by atoms with Crippen LogP contribution in [0.3, 0.4) is 0 Å². The van der Waals surface area contributed by atoms with Crippen LogP contribution >= 0.6 is 11.3 Å². The van der Waals surface area contributed by atoms with Crippen molar-refractivity contribution in [2.75, 3.05) is 5.32 Å². The second kappa shape index (κ2) is 6.14. The molecule has 0 saturated heterocycles. The first kappa shape index (κ1) is 15.0. The van der Waals surface area contributed by atoms with Crippen molar-refractivity contribution in [3.05, 3.63) is 52.0 Å². The molecule has 1 aliphatic carbocycles. The van der Waals surface area contributed by atoms with E-state index in [2.05, 4.69) is 16.4 Å². The first-order valence-electron chi connectivity index (χ1n) is 8.15. The number of benzene rings is 1. The number of aryl methyl sites for hydroxylation is 1. The number of anilines is 1. The quantitative estimate of drug-likeness (QED) is 0.754. The summed E-state index contributed by atoms with van der Waals surface area (Å²) < 4.78 is 0. The molecule has 0 radical (unpaired) electrons. The van der Waals surface area contributed by atoms with E-state index < -0.39 is 0 Å². The largest absolute Gasteiger partial charge is 0.361 e. The molecule has 3 aromatic rings. The summed E-state index contributed by atoms with van der Waals surface area (Å²) in [5.41, 5.74) is 3.82. The zero-order chi connectivity index (χ0) is 16.5. The molecule has 2 aromatic heterocycles. The van der Waals surface area contributed by atoms with Crippen LogP contribution in [0.1, 0.15) is 34.4 Å². The Morgan fingerprint density at radius 1 is 1.29 bits per heavy atom. The van der Waals surface area contributed by atoms with E-state index in [1.165, 1.54) is 11.3 Å². The topological polar surface area (TPSA) is 68.7 Å². The highest BCUT2D eigenvalue weighted by Gasteiger charge is 2.22. The number of carbonyl (C=O) groups is 1. The van der Waals surface area contributed by atoms with Gasteiger partial charge in [-0.15, -0.1) is 11.3 Å². The number of nitriles is 1. The number of hydrogen-bond acceptors (Lipinski definition) is 3. The lowest BCUT2D eigenvalue weighted by Gasteiger charge is -2.09. The number of amides is 1. The van der Waals surface area contributed by atoms with Crippen molar-refractivity contribution in [3.8, 4) is 6.07 Å². The Kier molecular flexibility index (Phi) is 3.83. The van der Waals surface area contributed by atoms with Crippen LogP contribution in [0.4, 0.5) is 5.00 Å². The van der Waals surface area contributed by atoms with Crippen LogP contribution in [0.2, 0.25) is 0 Å². The van der Waals surface area contributed by atoms with Gasteiger partial charge in [-0.1, -0.05) is 18.2 Å². The molecule has 1 aromatic carbocycles. The van der Waals surface area contributed by atoms with Gasteiger partial charge >= 0.3 is 0 Å². The van der Waals surface area contributed by atoms with Gasteiger partial charge in [0.15, 0.2) is 0 Å². The molecular formula is C19H17N3OS. The molecule has 2 heterocycles. The third-order valence-electron chi connectivity index (χ3n) is 4.56. The molecule has 0 atom stereocenters. The number of para-hydroxylation sites is 1. The second-order valence-electron chi connectivity index (χ2n) is 6.11. The van der Waals surface area contributed by atoms with Crippen LogP contribution in [0, 0.1) is 11.3 Å². The van der Waals surface area contributed by atoms with E-state index in [0.29, 0.717) is 17.0 Å². The number of carbonyl (C=O) groups excluding carboxylic acids is 1. The Bertz CT molecular complexity index is 961. The van der Waals surface area contributed by atoms with E-state index >= 15 is 0 Å². The van der Waals surface area contributed by atoms with Gasteiger partial charge in [-0.2, -0.15) is 5.26 Å². The molecule has 0 saturated carbocycles. The molecule has 0 bridgehead atoms. The lowest BCUT2D eigenvalue weighted by Crippen LogP contribution is -2.14. The van der Waals surface area contributed by atoms with Gasteiger partial charge in [-0.25, -0.2) is 0 Å². The normalized spacial score (nSPS) is 13.5. The zero-order valence-electron chi connectivity index (χ0n) is 13.2. The smallest absolute Gasteiger partial charge is 0.229 e. The fourth-order valence-electron chi connectivity index (χ4n) is 3.39. The van der Waals surface area contributed by atoms with Gasteiger partial charge in [-0.05, 0) is 42.9 Å². The Morgan fingerprint density at radius 3 is 3.00 bits per heavy atom. The molecule has 5 heteroatoms. The number of H-pyrrole nitrogens is 1. The van der Waals surface area contributed by atoms with E-state index in [9.17, 15) is 10.1 Å². The number of thiophene rings is 1. The summed E-state index contributed by atoms with van der Waals surface area (Å²) >= 11 is 1.57. The predicted molar refractivity (Wildman–Crippen MR) is 96.3 cm³/mol. The van der Waals surface area contributed by atoms with Gasteiger partial charge in [0.05, 0.1) is 12.0 Å². The first-order chi connectivity index (χ1) is 11.8. The molecule has 0 unspecified atom stereocenters. The van der Waals surface area contributed by atoms with Gasteiger partial charge in [0, 0.05) is 22.0 Å². The van der Waals surface area contributed by atoms with Crippen molar-refractivity contribution in [1.82, 2.24) is 4.98 Å². The van der Waals surface area contributed by atoms with Gasteiger partial charge in [0.2, 0.25) is 5.91 Å². The lowest BCUT2D eigenvalue weighted by molar-refractivity contribution is -0.115. The molecule has 1 aliphatic rings. The molecule has 1 amide bonds. The molecule has 0 spiro atoms. The molecule has 4 rings (SSSR count). The van der Waals surface area contributed by atoms with E-state index in [-0.39, 0.29) is 5.91 Å². The summed E-state index contributed by atoms with van der Waals surface area (Å²) in [6.07, 6.45) is 6.45. The number of aromatic nitrogens is 1. The molecule has 2 N–H and O–H groups in total. The summed E-state index contributed by atoms with van der Waals surface area (Å²) in [6.45, 7) is 0. The summed E-state index contributed by atoms with van der Waals surface area (Å²) in [6, 6.07) is 10.2. The maximum absolute atomic E-state index is 12.5. The van der Waals surface area contributed by atoms with Crippen molar-refractivity contribution >= 4 is 33.1 Å². The standard InChI is InChI=1S/C19H17N3OS/c20-10-15-14-6-2-4-8-17(14)24-19(15)22-18(23)9-12-11-21-16-7-3-1-5-13(12)16/h1,3,5,7,11,21H,2,4,6,8-9H2,(H,22,23). The van der Waals surface area contributed by atoms with Crippen LogP contribution in [0.25, 0.3) is 10.9 Å². The van der Waals surface area contributed by atoms with Crippen LogP contribution in [-0.4, -0.2) is 10.9 Å². The highest BCUT2D eigenvalue weighted by molar-refractivity contribution is 7.16. The third-order valence-corrected chi connectivity index (χ3v) is 5.77. The first-order valence-corrected chi connectivity index (χ1v) is 8.97. The van der Waals surface area contributed by atoms with Crippen LogP contribution in [-0.2, 0) is 24.1 Å². The SMILES string of the molecule is N#Cc1c(NC(=O)Cc2c[nH]c3ccccc23)sc2c1CCCC2. The molecule has 0 fully saturated rings. The average molecular weight is 335 g/mol. The number of rotatable bonds is 3. The number of nitrogens with one attached hydrogen (secondary N) is 2. The number of nitrogens with zero attached hydrogens (tertiary/aromatic N) is 1. The number of aromatic amines is 1. The molecule has 24 heavy (non-hydrogen) atoms. The van der Waals surface area contributed by atoms with Crippen molar-refractivity contribution in [2.45, 2.75) is 32.1 Å². The van der Waals surface area contributed by atoms with Crippen molar-refractivity contribution in [2.24, 2.45) is 0 Å². The summed E-state index contributed by atoms with van der Waals surface area (Å²) in [5, 5.41) is 14.2. The number of fused-ring (bicyclic) bond motifs is 2. The van der Waals surface area contributed by atoms with E-state index in [1.807, 2.05) is 30.5 Å².